The number of ether oxygens (including phenoxy) is 1. The number of halogens is 1. The predicted molar refractivity (Wildman–Crippen MR) is 53.2 cm³/mol. The van der Waals surface area contributed by atoms with Gasteiger partial charge in [0.2, 0.25) is 0 Å². The van der Waals surface area contributed by atoms with Crippen molar-refractivity contribution in [3.8, 4) is 5.75 Å². The van der Waals surface area contributed by atoms with Crippen molar-refractivity contribution in [2.75, 3.05) is 12.3 Å². The van der Waals surface area contributed by atoms with Gasteiger partial charge in [-0.1, -0.05) is 0 Å². The molecular weight excluding hydrogens is 236 g/mol. The molecule has 0 fully saturated rings. The molecule has 0 radical (unpaired) electrons. The maximum atomic E-state index is 10.4. The van der Waals surface area contributed by atoms with Crippen molar-refractivity contribution in [2.24, 2.45) is 5.73 Å². The van der Waals surface area contributed by atoms with Crippen LogP contribution in [0.1, 0.15) is 0 Å². The Morgan fingerprint density at radius 3 is 2.77 bits per heavy atom. The van der Waals surface area contributed by atoms with Gasteiger partial charge in [0.15, 0.2) is 6.61 Å². The third-order valence-electron chi connectivity index (χ3n) is 1.35. The number of amides is 1. The predicted octanol–water partition coefficient (Wildman–Crippen LogP) is 0.895. The topological polar surface area (TPSA) is 78.3 Å². The number of carbonyl (C=O) groups is 1. The van der Waals surface area contributed by atoms with Crippen molar-refractivity contribution >= 4 is 27.5 Å². The zero-order chi connectivity index (χ0) is 9.84. The standard InChI is InChI=1S/C8H9BrN2O2/c9-6-2-1-5(3-7(6)10)13-4-8(11)12/h1-3H,4,10H2,(H2,11,12). The van der Waals surface area contributed by atoms with Gasteiger partial charge in [0.25, 0.3) is 5.91 Å². The molecule has 0 spiro atoms. The first-order chi connectivity index (χ1) is 6.09. The summed E-state index contributed by atoms with van der Waals surface area (Å²) in [7, 11) is 0. The molecule has 0 aliphatic heterocycles. The van der Waals surface area contributed by atoms with Crippen LogP contribution in [-0.4, -0.2) is 12.5 Å². The molecule has 0 aliphatic carbocycles. The normalized spacial score (nSPS) is 9.62. The molecule has 1 aromatic rings. The molecule has 1 aromatic carbocycles. The van der Waals surface area contributed by atoms with Gasteiger partial charge in [0.1, 0.15) is 5.75 Å². The summed E-state index contributed by atoms with van der Waals surface area (Å²) in [4.78, 5) is 10.4. The van der Waals surface area contributed by atoms with E-state index in [9.17, 15) is 4.79 Å². The van der Waals surface area contributed by atoms with Crippen molar-refractivity contribution in [1.29, 1.82) is 0 Å². The van der Waals surface area contributed by atoms with E-state index in [1.807, 2.05) is 0 Å². The van der Waals surface area contributed by atoms with Crippen molar-refractivity contribution in [3.05, 3.63) is 22.7 Å². The molecule has 70 valence electrons. The quantitative estimate of drug-likeness (QED) is 0.776. The van der Waals surface area contributed by atoms with Crippen molar-refractivity contribution in [2.45, 2.75) is 0 Å². The Bertz CT molecular complexity index is 328. The number of nitrogen functional groups attached to an aromatic ring is 1. The van der Waals surface area contributed by atoms with E-state index in [4.69, 9.17) is 16.2 Å². The third-order valence-corrected chi connectivity index (χ3v) is 2.07. The summed E-state index contributed by atoms with van der Waals surface area (Å²) in [6.07, 6.45) is 0. The van der Waals surface area contributed by atoms with E-state index in [0.29, 0.717) is 11.4 Å². The first-order valence-electron chi connectivity index (χ1n) is 3.55. The average molecular weight is 245 g/mol. The van der Waals surface area contributed by atoms with Crippen LogP contribution in [0.2, 0.25) is 0 Å². The second-order valence-electron chi connectivity index (χ2n) is 2.44. The second kappa shape index (κ2) is 4.13. The fraction of sp³-hybridized carbons (Fsp3) is 0.125. The van der Waals surface area contributed by atoms with Crippen LogP contribution in [0.15, 0.2) is 22.7 Å². The summed E-state index contributed by atoms with van der Waals surface area (Å²) >= 11 is 3.24. The van der Waals surface area contributed by atoms with Gasteiger partial charge in [0, 0.05) is 16.2 Å². The van der Waals surface area contributed by atoms with E-state index in [-0.39, 0.29) is 6.61 Å². The van der Waals surface area contributed by atoms with Crippen LogP contribution in [0.25, 0.3) is 0 Å². The number of carbonyl (C=O) groups excluding carboxylic acids is 1. The minimum atomic E-state index is -0.513. The smallest absolute Gasteiger partial charge is 0.255 e. The lowest BCUT2D eigenvalue weighted by Gasteiger charge is -2.04. The van der Waals surface area contributed by atoms with Crippen molar-refractivity contribution in [1.82, 2.24) is 0 Å². The van der Waals surface area contributed by atoms with E-state index in [2.05, 4.69) is 15.9 Å². The van der Waals surface area contributed by atoms with Crippen LogP contribution in [0.4, 0.5) is 5.69 Å². The Balaban J connectivity index is 2.68. The van der Waals surface area contributed by atoms with Crippen molar-refractivity contribution < 1.29 is 9.53 Å². The average Bonchev–Trinajstić information content (AvgIpc) is 2.07. The molecule has 0 unspecified atom stereocenters. The monoisotopic (exact) mass is 244 g/mol. The summed E-state index contributed by atoms with van der Waals surface area (Å²) < 4.78 is 5.82. The fourth-order valence-corrected chi connectivity index (χ4v) is 1.01. The maximum Gasteiger partial charge on any atom is 0.255 e. The zero-order valence-electron chi connectivity index (χ0n) is 6.79. The molecule has 0 aliphatic rings. The lowest BCUT2D eigenvalue weighted by Crippen LogP contribution is -2.20. The summed E-state index contributed by atoms with van der Waals surface area (Å²) in [5.74, 6) is 0.0148. The van der Waals surface area contributed by atoms with E-state index >= 15 is 0 Å². The number of anilines is 1. The number of hydrogen-bond acceptors (Lipinski definition) is 3. The molecule has 0 saturated carbocycles. The Labute approximate surface area is 84.0 Å². The fourth-order valence-electron chi connectivity index (χ4n) is 0.766. The van der Waals surface area contributed by atoms with Gasteiger partial charge in [-0.15, -0.1) is 0 Å². The highest BCUT2D eigenvalue weighted by atomic mass is 79.9. The first-order valence-corrected chi connectivity index (χ1v) is 4.35. The zero-order valence-corrected chi connectivity index (χ0v) is 8.37. The summed E-state index contributed by atoms with van der Waals surface area (Å²) in [6, 6.07) is 5.06. The largest absolute Gasteiger partial charge is 0.484 e. The van der Waals surface area contributed by atoms with Crippen LogP contribution in [0.3, 0.4) is 0 Å². The second-order valence-corrected chi connectivity index (χ2v) is 3.29. The Kier molecular flexibility index (Phi) is 3.13. The molecule has 0 bridgehead atoms. The van der Waals surface area contributed by atoms with Gasteiger partial charge in [-0.2, -0.15) is 0 Å². The lowest BCUT2D eigenvalue weighted by atomic mass is 10.3. The molecule has 5 heteroatoms. The summed E-state index contributed by atoms with van der Waals surface area (Å²) in [5, 5.41) is 0. The molecule has 0 saturated heterocycles. The third kappa shape index (κ3) is 2.95. The molecule has 1 amide bonds. The number of benzene rings is 1. The lowest BCUT2D eigenvalue weighted by molar-refractivity contribution is -0.119. The minimum absolute atomic E-state index is 0.138. The number of nitrogens with two attached hydrogens (primary N) is 2. The van der Waals surface area contributed by atoms with Crippen LogP contribution < -0.4 is 16.2 Å². The molecule has 13 heavy (non-hydrogen) atoms. The minimum Gasteiger partial charge on any atom is -0.484 e. The van der Waals surface area contributed by atoms with Gasteiger partial charge >= 0.3 is 0 Å². The van der Waals surface area contributed by atoms with E-state index in [1.54, 1.807) is 18.2 Å². The Morgan fingerprint density at radius 1 is 1.54 bits per heavy atom. The van der Waals surface area contributed by atoms with Gasteiger partial charge in [-0.3, -0.25) is 4.79 Å². The number of hydrogen-bond donors (Lipinski definition) is 2. The van der Waals surface area contributed by atoms with Gasteiger partial charge in [-0.25, -0.2) is 0 Å². The first kappa shape index (κ1) is 9.85. The van der Waals surface area contributed by atoms with Crippen molar-refractivity contribution in [3.63, 3.8) is 0 Å². The van der Waals surface area contributed by atoms with Crippen LogP contribution in [0, 0.1) is 0 Å². The van der Waals surface area contributed by atoms with E-state index in [0.717, 1.165) is 4.47 Å². The van der Waals surface area contributed by atoms with E-state index in [1.165, 1.54) is 0 Å². The molecular formula is C8H9BrN2O2. The Morgan fingerprint density at radius 2 is 2.23 bits per heavy atom. The summed E-state index contributed by atoms with van der Waals surface area (Å²) in [6.45, 7) is -0.138. The number of primary amides is 1. The molecule has 0 heterocycles. The van der Waals surface area contributed by atoms with Crippen LogP contribution in [-0.2, 0) is 4.79 Å². The van der Waals surface area contributed by atoms with Gasteiger partial charge in [-0.05, 0) is 28.1 Å². The molecule has 0 atom stereocenters. The van der Waals surface area contributed by atoms with Crippen LogP contribution in [0.5, 0.6) is 5.75 Å². The number of rotatable bonds is 3. The van der Waals surface area contributed by atoms with Gasteiger partial charge < -0.3 is 16.2 Å². The highest BCUT2D eigenvalue weighted by Gasteiger charge is 2.00. The van der Waals surface area contributed by atoms with Gasteiger partial charge in [0.05, 0.1) is 0 Å². The highest BCUT2D eigenvalue weighted by molar-refractivity contribution is 9.10. The summed E-state index contributed by atoms with van der Waals surface area (Å²) in [5.41, 5.74) is 11.0. The van der Waals surface area contributed by atoms with E-state index < -0.39 is 5.91 Å². The SMILES string of the molecule is NC(=O)COc1ccc(Br)c(N)c1. The molecule has 4 N–H and O–H groups in total. The molecule has 1 rings (SSSR count). The molecule has 4 nitrogen and oxygen atoms in total. The van der Waals surface area contributed by atoms with Crippen LogP contribution >= 0.6 is 15.9 Å². The highest BCUT2D eigenvalue weighted by Crippen LogP contribution is 2.24. The molecule has 0 aromatic heterocycles. The Hall–Kier alpha value is -1.23. The maximum absolute atomic E-state index is 10.4.